The number of fused-ring (bicyclic) bond motifs is 3. The van der Waals surface area contributed by atoms with Crippen molar-refractivity contribution in [3.8, 4) is 0 Å². The molecular formula is C22H30O2S. The van der Waals surface area contributed by atoms with Gasteiger partial charge in [0.05, 0.1) is 6.10 Å². The molecule has 1 aromatic carbocycles. The molecule has 1 saturated carbocycles. The maximum absolute atomic E-state index is 13.0. The van der Waals surface area contributed by atoms with Crippen LogP contribution in [0.2, 0.25) is 0 Å². The molecule has 4 rings (SSSR count). The fraction of sp³-hybridized carbons (Fsp3) is 0.591. The van der Waals surface area contributed by atoms with Gasteiger partial charge in [-0.05, 0) is 55.3 Å². The lowest BCUT2D eigenvalue weighted by atomic mass is 9.76. The Morgan fingerprint density at radius 3 is 2.76 bits per heavy atom. The number of benzene rings is 1. The Labute approximate surface area is 157 Å². The molecule has 1 aromatic rings. The fourth-order valence-corrected chi connectivity index (χ4v) is 5.47. The van der Waals surface area contributed by atoms with Crippen LogP contribution in [-0.2, 0) is 9.53 Å². The number of Topliss-reactive ketones (excluding diaryl/α,β-unsaturated/α-hetero) is 1. The van der Waals surface area contributed by atoms with Crippen molar-refractivity contribution < 1.29 is 9.53 Å². The van der Waals surface area contributed by atoms with Crippen molar-refractivity contribution in [3.63, 3.8) is 0 Å². The highest BCUT2D eigenvalue weighted by Crippen LogP contribution is 2.47. The van der Waals surface area contributed by atoms with E-state index in [1.54, 1.807) is 0 Å². The van der Waals surface area contributed by atoms with E-state index >= 15 is 0 Å². The highest BCUT2D eigenvalue weighted by Gasteiger charge is 2.46. The van der Waals surface area contributed by atoms with Crippen LogP contribution in [0.5, 0.6) is 0 Å². The maximum Gasteiger partial charge on any atom is 0.169 e. The maximum atomic E-state index is 13.0. The minimum Gasteiger partial charge on any atom is -0.359 e. The van der Waals surface area contributed by atoms with Gasteiger partial charge in [-0.25, -0.2) is 0 Å². The molecular weight excluding hydrogens is 328 g/mol. The first-order valence-electron chi connectivity index (χ1n) is 9.75. The highest BCUT2D eigenvalue weighted by atomic mass is 32.2. The molecule has 0 aromatic heterocycles. The van der Waals surface area contributed by atoms with E-state index in [9.17, 15) is 4.79 Å². The van der Waals surface area contributed by atoms with Crippen molar-refractivity contribution >= 4 is 17.5 Å². The van der Waals surface area contributed by atoms with Crippen LogP contribution in [0.15, 0.2) is 30.3 Å². The molecule has 25 heavy (non-hydrogen) atoms. The molecule has 2 heterocycles. The van der Waals surface area contributed by atoms with Gasteiger partial charge in [0.2, 0.25) is 0 Å². The Morgan fingerprint density at radius 1 is 1.32 bits per heavy atom. The van der Waals surface area contributed by atoms with Gasteiger partial charge in [0, 0.05) is 11.7 Å². The van der Waals surface area contributed by atoms with Crippen molar-refractivity contribution in [2.24, 2.45) is 5.92 Å². The number of carbonyl (C=O) groups is 1. The molecule has 3 fully saturated rings. The molecule has 0 amide bonds. The summed E-state index contributed by atoms with van der Waals surface area (Å²) >= 11 is 2.04. The van der Waals surface area contributed by atoms with Gasteiger partial charge in [-0.15, -0.1) is 0 Å². The summed E-state index contributed by atoms with van der Waals surface area (Å²) in [7, 11) is 0. The largest absolute Gasteiger partial charge is 0.359 e. The van der Waals surface area contributed by atoms with Crippen LogP contribution in [0.4, 0.5) is 0 Å². The van der Waals surface area contributed by atoms with E-state index in [1.165, 1.54) is 17.7 Å². The van der Waals surface area contributed by atoms with Gasteiger partial charge in [0.25, 0.3) is 0 Å². The average molecular weight is 359 g/mol. The zero-order valence-corrected chi connectivity index (χ0v) is 16.1. The van der Waals surface area contributed by atoms with E-state index in [4.69, 9.17) is 4.74 Å². The summed E-state index contributed by atoms with van der Waals surface area (Å²) in [5.74, 6) is 2.03. The van der Waals surface area contributed by atoms with Crippen LogP contribution in [0.1, 0.15) is 63.4 Å². The first-order chi connectivity index (χ1) is 12.2. The summed E-state index contributed by atoms with van der Waals surface area (Å²) in [6, 6.07) is 10.4. The Kier molecular flexibility index (Phi) is 7.00. The molecule has 136 valence electrons. The molecule has 0 spiro atoms. The van der Waals surface area contributed by atoms with E-state index in [1.807, 2.05) is 17.8 Å². The summed E-state index contributed by atoms with van der Waals surface area (Å²) in [5.41, 5.74) is 1.25. The molecule has 2 saturated heterocycles. The minimum absolute atomic E-state index is 0.232. The third kappa shape index (κ3) is 4.68. The normalized spacial score (nSPS) is 27.4. The fourth-order valence-electron chi connectivity index (χ4n) is 4.15. The molecule has 0 N–H and O–H groups in total. The van der Waals surface area contributed by atoms with Crippen molar-refractivity contribution in [1.82, 2.24) is 0 Å². The third-order valence-electron chi connectivity index (χ3n) is 5.45. The van der Waals surface area contributed by atoms with Gasteiger partial charge < -0.3 is 4.74 Å². The lowest BCUT2D eigenvalue weighted by Crippen LogP contribution is -2.47. The molecule has 2 radical (unpaired) electrons. The quantitative estimate of drug-likeness (QED) is 0.576. The van der Waals surface area contributed by atoms with Gasteiger partial charge >= 0.3 is 0 Å². The zero-order chi connectivity index (χ0) is 17.6. The smallest absolute Gasteiger partial charge is 0.169 e. The number of thioether (sulfide) groups is 1. The summed E-state index contributed by atoms with van der Waals surface area (Å²) in [6.07, 6.45) is 7.98. The molecule has 2 bridgehead atoms. The van der Waals surface area contributed by atoms with Crippen LogP contribution in [0.3, 0.4) is 0 Å². The van der Waals surface area contributed by atoms with Crippen LogP contribution in [0.25, 0.3) is 0 Å². The molecule has 2 nitrogen and oxygen atoms in total. The van der Waals surface area contributed by atoms with Gasteiger partial charge in [-0.1, -0.05) is 50.6 Å². The van der Waals surface area contributed by atoms with E-state index < -0.39 is 0 Å². The van der Waals surface area contributed by atoms with Gasteiger partial charge in [-0.2, -0.15) is 11.8 Å². The SMILES string of the molecule is [CH2]CCC(CC(=O)[C]1OC2CCC1CC2SCCC)c1ccccc1. The standard InChI is InChI=1S/C22H30O2S/c1-3-8-17(16-9-6-5-7-10-16)14-19(23)22-18-11-12-20(24-22)21(15-18)25-13-4-2/h5-7,9-10,17-18,20-21H,1,3-4,8,11-15H2,2H3. The van der Waals surface area contributed by atoms with Crippen molar-refractivity contribution in [2.75, 3.05) is 5.75 Å². The summed E-state index contributed by atoms with van der Waals surface area (Å²) in [5, 5.41) is 0.583. The Morgan fingerprint density at radius 2 is 2.12 bits per heavy atom. The number of carbonyl (C=O) groups excluding carboxylic acids is 1. The van der Waals surface area contributed by atoms with Crippen molar-refractivity contribution in [1.29, 1.82) is 0 Å². The van der Waals surface area contributed by atoms with Crippen molar-refractivity contribution in [2.45, 2.75) is 69.1 Å². The zero-order valence-electron chi connectivity index (χ0n) is 15.3. The molecule has 4 unspecified atom stereocenters. The minimum atomic E-state index is 0.232. The van der Waals surface area contributed by atoms with E-state index in [2.05, 4.69) is 38.1 Å². The second-order valence-corrected chi connectivity index (χ2v) is 8.66. The molecule has 1 aliphatic carbocycles. The number of ether oxygens (including phenoxy) is 1. The highest BCUT2D eigenvalue weighted by molar-refractivity contribution is 7.99. The molecule has 4 atom stereocenters. The summed E-state index contributed by atoms with van der Waals surface area (Å²) < 4.78 is 6.20. The van der Waals surface area contributed by atoms with Crippen LogP contribution < -0.4 is 0 Å². The molecule has 3 heteroatoms. The first-order valence-corrected chi connectivity index (χ1v) is 10.8. The van der Waals surface area contributed by atoms with E-state index in [0.29, 0.717) is 17.6 Å². The van der Waals surface area contributed by atoms with Gasteiger partial charge in [0.1, 0.15) is 0 Å². The predicted molar refractivity (Wildman–Crippen MR) is 105 cm³/mol. The van der Waals surface area contributed by atoms with E-state index in [-0.39, 0.29) is 17.8 Å². The Balaban J connectivity index is 1.61. The number of rotatable bonds is 9. The van der Waals surface area contributed by atoms with Crippen LogP contribution >= 0.6 is 11.8 Å². The second kappa shape index (κ2) is 9.23. The summed E-state index contributed by atoms with van der Waals surface area (Å²) in [4.78, 5) is 13.0. The Bertz CT molecular complexity index is 544. The van der Waals surface area contributed by atoms with E-state index in [0.717, 1.165) is 38.2 Å². The van der Waals surface area contributed by atoms with Gasteiger partial charge in [0.15, 0.2) is 11.9 Å². The lowest BCUT2D eigenvalue weighted by Gasteiger charge is -2.45. The molecule has 2 aliphatic heterocycles. The Hall–Kier alpha value is -0.800. The average Bonchev–Trinajstić information content (AvgIpc) is 2.67. The lowest BCUT2D eigenvalue weighted by molar-refractivity contribution is -0.135. The van der Waals surface area contributed by atoms with Crippen LogP contribution in [0, 0.1) is 18.9 Å². The topological polar surface area (TPSA) is 26.3 Å². The van der Waals surface area contributed by atoms with Crippen LogP contribution in [-0.4, -0.2) is 22.9 Å². The second-order valence-electron chi connectivity index (χ2n) is 7.32. The number of ketones is 1. The number of hydrogen-bond donors (Lipinski definition) is 0. The van der Waals surface area contributed by atoms with Gasteiger partial charge in [-0.3, -0.25) is 4.79 Å². The number of hydrogen-bond acceptors (Lipinski definition) is 3. The monoisotopic (exact) mass is 358 g/mol. The first kappa shape index (κ1) is 19.0. The predicted octanol–water partition coefficient (Wildman–Crippen LogP) is 5.59. The summed E-state index contributed by atoms with van der Waals surface area (Å²) in [6.45, 7) is 6.22. The molecule has 3 aliphatic rings. The van der Waals surface area contributed by atoms with Crippen molar-refractivity contribution in [3.05, 3.63) is 48.9 Å². The third-order valence-corrected chi connectivity index (χ3v) is 7.01.